The molecule has 5 heteroatoms. The van der Waals surface area contributed by atoms with Crippen LogP contribution in [-0.2, 0) is 0 Å². The molecule has 1 heterocycles. The molecule has 17 heavy (non-hydrogen) atoms. The summed E-state index contributed by atoms with van der Waals surface area (Å²) < 4.78 is 1.98. The number of aromatic nitrogens is 3. The minimum atomic E-state index is -0.369. The van der Waals surface area contributed by atoms with Crippen LogP contribution < -0.4 is 5.32 Å². The largest absolute Gasteiger partial charge is 0.300 e. The fourth-order valence-electron chi connectivity index (χ4n) is 2.75. The number of nitrogens with zero attached hydrogens (tertiary/aromatic N) is 4. The van der Waals surface area contributed by atoms with E-state index in [4.69, 9.17) is 0 Å². The summed E-state index contributed by atoms with van der Waals surface area (Å²) in [5.41, 5.74) is -0.369. The Kier molecular flexibility index (Phi) is 3.16. The molecule has 0 aliphatic heterocycles. The van der Waals surface area contributed by atoms with Crippen molar-refractivity contribution < 1.29 is 0 Å². The first-order valence-corrected chi connectivity index (χ1v) is 6.16. The number of hydrogen-bond acceptors (Lipinski definition) is 4. The minimum absolute atomic E-state index is 0.301. The first-order valence-electron chi connectivity index (χ1n) is 6.16. The average molecular weight is 233 g/mol. The Labute approximate surface area is 102 Å². The summed E-state index contributed by atoms with van der Waals surface area (Å²) in [7, 11) is 0. The van der Waals surface area contributed by atoms with E-state index in [1.165, 1.54) is 0 Å². The number of hydrogen-bond donors (Lipinski definition) is 1. The molecule has 92 valence electrons. The van der Waals surface area contributed by atoms with Crippen molar-refractivity contribution in [3.63, 3.8) is 0 Å². The lowest BCUT2D eigenvalue weighted by molar-refractivity contribution is 0.390. The van der Waals surface area contributed by atoms with Crippen LogP contribution in [0.2, 0.25) is 0 Å². The number of nitriles is 1. The third-order valence-corrected chi connectivity index (χ3v) is 3.47. The molecular formula is C12H19N5. The summed E-state index contributed by atoms with van der Waals surface area (Å²) in [4.78, 5) is 4.32. The van der Waals surface area contributed by atoms with Crippen molar-refractivity contribution in [1.82, 2.24) is 20.1 Å². The Balaban J connectivity index is 2.17. The molecule has 1 saturated carbocycles. The van der Waals surface area contributed by atoms with Crippen LogP contribution in [0, 0.1) is 25.2 Å². The van der Waals surface area contributed by atoms with E-state index in [0.29, 0.717) is 6.04 Å². The van der Waals surface area contributed by atoms with E-state index in [0.717, 1.165) is 37.5 Å². The molecule has 1 fully saturated rings. The van der Waals surface area contributed by atoms with Gasteiger partial charge in [-0.25, -0.2) is 9.67 Å². The molecular weight excluding hydrogens is 214 g/mol. The zero-order chi connectivity index (χ0) is 12.5. The van der Waals surface area contributed by atoms with Crippen molar-refractivity contribution >= 4 is 0 Å². The van der Waals surface area contributed by atoms with Gasteiger partial charge in [0.15, 0.2) is 0 Å². The smallest absolute Gasteiger partial charge is 0.147 e. The molecule has 0 spiro atoms. The van der Waals surface area contributed by atoms with Gasteiger partial charge in [-0.2, -0.15) is 10.4 Å². The Morgan fingerprint density at radius 3 is 2.88 bits per heavy atom. The van der Waals surface area contributed by atoms with E-state index < -0.39 is 0 Å². The second kappa shape index (κ2) is 4.46. The predicted molar refractivity (Wildman–Crippen MR) is 64.4 cm³/mol. The van der Waals surface area contributed by atoms with Crippen molar-refractivity contribution in [3.8, 4) is 6.07 Å². The Hall–Kier alpha value is -1.41. The molecule has 2 rings (SSSR count). The highest BCUT2D eigenvalue weighted by Crippen LogP contribution is 2.37. The maximum atomic E-state index is 9.33. The van der Waals surface area contributed by atoms with Gasteiger partial charge in [0, 0.05) is 6.42 Å². The molecule has 5 nitrogen and oxygen atoms in total. The van der Waals surface area contributed by atoms with Gasteiger partial charge in [-0.1, -0.05) is 6.92 Å². The molecule has 2 unspecified atom stereocenters. The Morgan fingerprint density at radius 1 is 1.59 bits per heavy atom. The van der Waals surface area contributed by atoms with E-state index in [9.17, 15) is 5.26 Å². The molecule has 0 amide bonds. The van der Waals surface area contributed by atoms with Crippen LogP contribution >= 0.6 is 0 Å². The summed E-state index contributed by atoms with van der Waals surface area (Å²) in [5.74, 6) is 1.75. The first kappa shape index (κ1) is 12.1. The van der Waals surface area contributed by atoms with Crippen molar-refractivity contribution in [2.75, 3.05) is 6.54 Å². The van der Waals surface area contributed by atoms with Crippen molar-refractivity contribution in [2.24, 2.45) is 0 Å². The van der Waals surface area contributed by atoms with Gasteiger partial charge in [0.1, 0.15) is 17.2 Å². The van der Waals surface area contributed by atoms with Gasteiger partial charge in [0.25, 0.3) is 0 Å². The molecule has 0 aromatic carbocycles. The fraction of sp³-hybridized carbons (Fsp3) is 0.750. The number of nitrogens with one attached hydrogen (secondary N) is 1. The quantitative estimate of drug-likeness (QED) is 0.859. The van der Waals surface area contributed by atoms with Crippen LogP contribution in [-0.4, -0.2) is 26.8 Å². The van der Waals surface area contributed by atoms with Crippen LogP contribution in [0.5, 0.6) is 0 Å². The maximum absolute atomic E-state index is 9.33. The van der Waals surface area contributed by atoms with Crippen LogP contribution in [0.4, 0.5) is 0 Å². The molecule has 2 atom stereocenters. The van der Waals surface area contributed by atoms with E-state index in [-0.39, 0.29) is 5.54 Å². The van der Waals surface area contributed by atoms with Gasteiger partial charge in [0.05, 0.1) is 12.1 Å². The van der Waals surface area contributed by atoms with Gasteiger partial charge < -0.3 is 0 Å². The highest BCUT2D eigenvalue weighted by atomic mass is 15.4. The summed E-state index contributed by atoms with van der Waals surface area (Å²) in [6.07, 6.45) is 2.70. The molecule has 0 bridgehead atoms. The highest BCUT2D eigenvalue weighted by molar-refractivity contribution is 5.13. The lowest BCUT2D eigenvalue weighted by Gasteiger charge is -2.21. The normalized spacial score (nSPS) is 28.2. The Morgan fingerprint density at radius 2 is 2.35 bits per heavy atom. The Bertz CT molecular complexity index is 444. The van der Waals surface area contributed by atoms with Crippen LogP contribution in [0.1, 0.15) is 43.9 Å². The van der Waals surface area contributed by atoms with E-state index in [1.807, 2.05) is 25.5 Å². The van der Waals surface area contributed by atoms with Gasteiger partial charge in [-0.3, -0.25) is 5.32 Å². The monoisotopic (exact) mass is 233 g/mol. The molecule has 1 aliphatic rings. The van der Waals surface area contributed by atoms with E-state index in [2.05, 4.69) is 21.5 Å². The standard InChI is InChI=1S/C12H19N5/c1-4-14-12(8-13)6-5-11(7-12)17-10(3)15-9(2)16-17/h11,14H,4-7H2,1-3H3. The molecule has 1 aromatic heterocycles. The van der Waals surface area contributed by atoms with Gasteiger partial charge in [-0.15, -0.1) is 0 Å². The zero-order valence-corrected chi connectivity index (χ0v) is 10.7. The molecule has 0 saturated heterocycles. The van der Waals surface area contributed by atoms with Crippen molar-refractivity contribution in [2.45, 2.75) is 51.6 Å². The fourth-order valence-corrected chi connectivity index (χ4v) is 2.75. The number of aryl methyl sites for hydroxylation is 2. The highest BCUT2D eigenvalue weighted by Gasteiger charge is 2.40. The summed E-state index contributed by atoms with van der Waals surface area (Å²) in [6.45, 7) is 6.74. The molecule has 1 N–H and O–H groups in total. The topological polar surface area (TPSA) is 66.5 Å². The first-order chi connectivity index (χ1) is 8.10. The van der Waals surface area contributed by atoms with Gasteiger partial charge in [0.2, 0.25) is 0 Å². The second-order valence-electron chi connectivity index (χ2n) is 4.77. The lowest BCUT2D eigenvalue weighted by atomic mass is 9.99. The van der Waals surface area contributed by atoms with E-state index in [1.54, 1.807) is 0 Å². The number of rotatable bonds is 3. The summed E-state index contributed by atoms with van der Waals surface area (Å²) in [5, 5.41) is 17.1. The van der Waals surface area contributed by atoms with Crippen molar-refractivity contribution in [1.29, 1.82) is 5.26 Å². The van der Waals surface area contributed by atoms with Crippen LogP contribution in [0.15, 0.2) is 0 Å². The average Bonchev–Trinajstić information content (AvgIpc) is 2.84. The molecule has 1 aliphatic carbocycles. The third kappa shape index (κ3) is 2.18. The maximum Gasteiger partial charge on any atom is 0.147 e. The van der Waals surface area contributed by atoms with E-state index >= 15 is 0 Å². The predicted octanol–water partition coefficient (Wildman–Crippen LogP) is 1.49. The molecule has 1 aromatic rings. The lowest BCUT2D eigenvalue weighted by Crippen LogP contribution is -2.41. The minimum Gasteiger partial charge on any atom is -0.300 e. The molecule has 0 radical (unpaired) electrons. The van der Waals surface area contributed by atoms with Crippen molar-refractivity contribution in [3.05, 3.63) is 11.6 Å². The van der Waals surface area contributed by atoms with Gasteiger partial charge >= 0.3 is 0 Å². The zero-order valence-electron chi connectivity index (χ0n) is 10.7. The SMILES string of the molecule is CCNC1(C#N)CCC(n2nc(C)nc2C)C1. The summed E-state index contributed by atoms with van der Waals surface area (Å²) in [6, 6.07) is 2.73. The summed E-state index contributed by atoms with van der Waals surface area (Å²) >= 11 is 0. The second-order valence-corrected chi connectivity index (χ2v) is 4.77. The van der Waals surface area contributed by atoms with Crippen LogP contribution in [0.25, 0.3) is 0 Å². The van der Waals surface area contributed by atoms with Crippen LogP contribution in [0.3, 0.4) is 0 Å². The third-order valence-electron chi connectivity index (χ3n) is 3.47. The van der Waals surface area contributed by atoms with Gasteiger partial charge in [-0.05, 0) is 33.2 Å².